The lowest BCUT2D eigenvalue weighted by Gasteiger charge is -2.17. The molecule has 6 nitrogen and oxygen atoms in total. The zero-order chi connectivity index (χ0) is 21.3. The molecule has 2 aromatic carbocycles. The van der Waals surface area contributed by atoms with Crippen LogP contribution < -0.4 is 5.32 Å². The van der Waals surface area contributed by atoms with Crippen molar-refractivity contribution >= 4 is 32.4 Å². The first kappa shape index (κ1) is 20.8. The number of nitrogens with one attached hydrogen (secondary N) is 1. The van der Waals surface area contributed by atoms with E-state index in [-0.39, 0.29) is 10.5 Å². The fourth-order valence-corrected chi connectivity index (χ4v) is 5.07. The van der Waals surface area contributed by atoms with Crippen LogP contribution in [0.1, 0.15) is 36.1 Å². The van der Waals surface area contributed by atoms with Crippen LogP contribution in [0.2, 0.25) is 0 Å². The lowest BCUT2D eigenvalue weighted by molar-refractivity contribution is -0.126. The van der Waals surface area contributed by atoms with E-state index in [4.69, 9.17) is 0 Å². The van der Waals surface area contributed by atoms with Gasteiger partial charge in [-0.2, -0.15) is 0 Å². The van der Waals surface area contributed by atoms with Gasteiger partial charge < -0.3 is 5.32 Å². The highest BCUT2D eigenvalue weighted by molar-refractivity contribution is 7.99. The molecule has 0 spiro atoms. The molecule has 0 atom stereocenters. The van der Waals surface area contributed by atoms with Gasteiger partial charge in [-0.3, -0.25) is 9.59 Å². The second-order valence-electron chi connectivity index (χ2n) is 7.19. The quantitative estimate of drug-likeness (QED) is 0.816. The molecule has 0 fully saturated rings. The van der Waals surface area contributed by atoms with Gasteiger partial charge in [-0.15, -0.1) is 0 Å². The molecule has 0 saturated carbocycles. The number of nitrogens with zero attached hydrogens (tertiary/aromatic N) is 1. The Morgan fingerprint density at radius 1 is 1.03 bits per heavy atom. The average Bonchev–Trinajstić information content (AvgIpc) is 2.84. The molecule has 1 heterocycles. The second kappa shape index (κ2) is 7.83. The highest BCUT2D eigenvalue weighted by Crippen LogP contribution is 2.35. The Morgan fingerprint density at radius 3 is 2.31 bits per heavy atom. The summed E-state index contributed by atoms with van der Waals surface area (Å²) in [5.74, 6) is -1.23. The van der Waals surface area contributed by atoms with Gasteiger partial charge in [0.25, 0.3) is 15.9 Å². The number of carbonyl (C=O) groups excluding carboxylic acids is 2. The monoisotopic (exact) mass is 412 g/mol. The molecule has 0 bridgehead atoms. The zero-order valence-electron chi connectivity index (χ0n) is 16.9. The molecule has 1 N–H and O–H groups in total. The Morgan fingerprint density at radius 2 is 1.69 bits per heavy atom. The van der Waals surface area contributed by atoms with Crippen molar-refractivity contribution in [2.45, 2.75) is 34.1 Å². The molecule has 0 aromatic heterocycles. The number of sulfonamides is 1. The number of hydrogen-bond acceptors (Lipinski definition) is 4. The first-order valence-electron chi connectivity index (χ1n) is 9.39. The van der Waals surface area contributed by atoms with E-state index in [0.29, 0.717) is 15.6 Å². The standard InChI is InChI=1S/C22H24N2O4S/c1-5-17-8-10-18(11-9-17)21-16(4)22(26)24(29(21,27)28)13-20(25)23-19-12-14(2)6-7-15(19)3/h6-12H,5,13H2,1-4H3,(H,23,25). The number of hydrogen-bond donors (Lipinski definition) is 1. The first-order chi connectivity index (χ1) is 13.6. The molecule has 2 amide bonds. The summed E-state index contributed by atoms with van der Waals surface area (Å²) in [5, 5.41) is 2.70. The van der Waals surface area contributed by atoms with Crippen LogP contribution in [0.3, 0.4) is 0 Å². The van der Waals surface area contributed by atoms with Gasteiger partial charge in [-0.05, 0) is 55.5 Å². The van der Waals surface area contributed by atoms with Gasteiger partial charge in [-0.25, -0.2) is 12.7 Å². The highest BCUT2D eigenvalue weighted by atomic mass is 32.2. The van der Waals surface area contributed by atoms with Crippen molar-refractivity contribution in [2.75, 3.05) is 11.9 Å². The number of aryl methyl sites for hydroxylation is 3. The minimum Gasteiger partial charge on any atom is -0.324 e. The number of rotatable bonds is 5. The SMILES string of the molecule is CCc1ccc(C2=C(C)C(=O)N(CC(=O)Nc3cc(C)ccc3C)S2(=O)=O)cc1. The second-order valence-corrected chi connectivity index (χ2v) is 8.99. The Labute approximate surface area is 171 Å². The molecule has 0 radical (unpaired) electrons. The fraction of sp³-hybridized carbons (Fsp3) is 0.273. The summed E-state index contributed by atoms with van der Waals surface area (Å²) < 4.78 is 26.7. The van der Waals surface area contributed by atoms with E-state index in [1.807, 2.05) is 45.0 Å². The topological polar surface area (TPSA) is 83.6 Å². The summed E-state index contributed by atoms with van der Waals surface area (Å²) >= 11 is 0. The molecule has 0 unspecified atom stereocenters. The minimum absolute atomic E-state index is 0.0373. The molecule has 29 heavy (non-hydrogen) atoms. The number of amides is 2. The third-order valence-electron chi connectivity index (χ3n) is 5.01. The molecule has 3 rings (SSSR count). The third kappa shape index (κ3) is 3.96. The van der Waals surface area contributed by atoms with Crippen LogP contribution in [0.25, 0.3) is 4.91 Å². The molecular formula is C22H24N2O4S. The lowest BCUT2D eigenvalue weighted by atomic mass is 10.1. The van der Waals surface area contributed by atoms with Crippen molar-refractivity contribution in [3.63, 3.8) is 0 Å². The van der Waals surface area contributed by atoms with Crippen molar-refractivity contribution in [1.82, 2.24) is 4.31 Å². The number of benzene rings is 2. The molecule has 2 aromatic rings. The summed E-state index contributed by atoms with van der Waals surface area (Å²) in [4.78, 5) is 25.1. The normalized spacial score (nSPS) is 15.7. The predicted octanol–water partition coefficient (Wildman–Crippen LogP) is 3.41. The smallest absolute Gasteiger partial charge is 0.268 e. The largest absolute Gasteiger partial charge is 0.324 e. The number of anilines is 1. The summed E-state index contributed by atoms with van der Waals surface area (Å²) in [6, 6.07) is 12.7. The third-order valence-corrected chi connectivity index (χ3v) is 6.95. The maximum absolute atomic E-state index is 13.0. The van der Waals surface area contributed by atoms with E-state index in [9.17, 15) is 18.0 Å². The molecule has 7 heteroatoms. The Balaban J connectivity index is 1.85. The lowest BCUT2D eigenvalue weighted by Crippen LogP contribution is -2.38. The van der Waals surface area contributed by atoms with Crippen molar-refractivity contribution in [3.05, 3.63) is 70.3 Å². The van der Waals surface area contributed by atoms with Crippen LogP contribution in [0.4, 0.5) is 5.69 Å². The number of carbonyl (C=O) groups is 2. The van der Waals surface area contributed by atoms with Gasteiger partial charge in [0.2, 0.25) is 5.91 Å². The molecule has 1 aliphatic rings. The van der Waals surface area contributed by atoms with Crippen molar-refractivity contribution in [2.24, 2.45) is 0 Å². The van der Waals surface area contributed by atoms with E-state index in [1.54, 1.807) is 18.2 Å². The van der Waals surface area contributed by atoms with Crippen LogP contribution in [0, 0.1) is 13.8 Å². The van der Waals surface area contributed by atoms with Gasteiger partial charge in [-0.1, -0.05) is 43.3 Å². The van der Waals surface area contributed by atoms with Crippen LogP contribution in [0.15, 0.2) is 48.0 Å². The van der Waals surface area contributed by atoms with Crippen LogP contribution >= 0.6 is 0 Å². The summed E-state index contributed by atoms with van der Waals surface area (Å²) in [6.45, 7) is 6.66. The van der Waals surface area contributed by atoms with Gasteiger partial charge in [0, 0.05) is 11.3 Å². The Bertz CT molecular complexity index is 1120. The summed E-state index contributed by atoms with van der Waals surface area (Å²) in [6.07, 6.45) is 0.828. The van der Waals surface area contributed by atoms with E-state index in [2.05, 4.69) is 5.32 Å². The summed E-state index contributed by atoms with van der Waals surface area (Å²) in [5.41, 5.74) is 4.05. The Hall–Kier alpha value is -2.93. The average molecular weight is 413 g/mol. The van der Waals surface area contributed by atoms with Crippen LogP contribution in [-0.2, 0) is 26.0 Å². The van der Waals surface area contributed by atoms with Gasteiger partial charge in [0.1, 0.15) is 11.4 Å². The predicted molar refractivity (Wildman–Crippen MR) is 114 cm³/mol. The van der Waals surface area contributed by atoms with E-state index in [1.165, 1.54) is 6.92 Å². The van der Waals surface area contributed by atoms with E-state index in [0.717, 1.165) is 23.1 Å². The van der Waals surface area contributed by atoms with Crippen molar-refractivity contribution < 1.29 is 18.0 Å². The maximum atomic E-state index is 13.0. The van der Waals surface area contributed by atoms with Crippen LogP contribution in [0.5, 0.6) is 0 Å². The van der Waals surface area contributed by atoms with Crippen LogP contribution in [-0.4, -0.2) is 31.1 Å². The van der Waals surface area contributed by atoms with Gasteiger partial charge in [0.05, 0.1) is 0 Å². The summed E-state index contributed by atoms with van der Waals surface area (Å²) in [7, 11) is -4.10. The van der Waals surface area contributed by atoms with Crippen molar-refractivity contribution in [3.8, 4) is 0 Å². The first-order valence-corrected chi connectivity index (χ1v) is 10.8. The van der Waals surface area contributed by atoms with E-state index < -0.39 is 28.4 Å². The molecular weight excluding hydrogens is 388 g/mol. The van der Waals surface area contributed by atoms with Gasteiger partial charge in [0.15, 0.2) is 0 Å². The minimum atomic E-state index is -4.10. The van der Waals surface area contributed by atoms with Crippen molar-refractivity contribution in [1.29, 1.82) is 0 Å². The molecule has 0 saturated heterocycles. The maximum Gasteiger partial charge on any atom is 0.268 e. The molecule has 152 valence electrons. The molecule has 1 aliphatic heterocycles. The van der Waals surface area contributed by atoms with E-state index >= 15 is 0 Å². The zero-order valence-corrected chi connectivity index (χ0v) is 17.8. The van der Waals surface area contributed by atoms with Gasteiger partial charge >= 0.3 is 0 Å². The highest BCUT2D eigenvalue weighted by Gasteiger charge is 2.43. The Kier molecular flexibility index (Phi) is 5.61. The molecule has 0 aliphatic carbocycles. The fourth-order valence-electron chi connectivity index (χ4n) is 3.30.